The fourth-order valence-corrected chi connectivity index (χ4v) is 1.60. The first-order chi connectivity index (χ1) is 5.92. The maximum Gasteiger partial charge on any atom is -0.0152 e. The van der Waals surface area contributed by atoms with E-state index in [1.54, 1.807) is 0 Å². The summed E-state index contributed by atoms with van der Waals surface area (Å²) in [6.45, 7) is 2.20. The van der Waals surface area contributed by atoms with Crippen LogP contribution in [0.25, 0.3) is 10.8 Å². The van der Waals surface area contributed by atoms with Crippen molar-refractivity contribution >= 4 is 10.8 Å². The van der Waals surface area contributed by atoms with Gasteiger partial charge >= 0.3 is 0 Å². The lowest BCUT2D eigenvalue weighted by molar-refractivity contribution is 1.16. The molecular weight excluding hydrogens is 170 g/mol. The predicted octanol–water partition coefficient (Wildman–Crippen LogP) is 4.20. The van der Waals surface area contributed by atoms with Crippen molar-refractivity contribution in [1.29, 1.82) is 0 Å². The molecule has 2 aromatic carbocycles. The lowest BCUT2D eigenvalue weighted by Gasteiger charge is -2.02. The van der Waals surface area contributed by atoms with E-state index in [9.17, 15) is 0 Å². The van der Waals surface area contributed by atoms with Crippen LogP contribution in [0, 0.1) is 0 Å². The fourth-order valence-electron chi connectivity index (χ4n) is 1.60. The number of hydrogen-bond donors (Lipinski definition) is 1. The first-order valence-electron chi connectivity index (χ1n) is 4.38. The molecule has 0 aliphatic heterocycles. The van der Waals surface area contributed by atoms with E-state index >= 15 is 0 Å². The number of rotatable bonds is 1. The quantitative estimate of drug-likeness (QED) is 0.716. The summed E-state index contributed by atoms with van der Waals surface area (Å²) in [5.41, 5.74) is 1.44. The van der Waals surface area contributed by atoms with Crippen LogP contribution < -0.4 is 6.15 Å². The zero-order chi connectivity index (χ0) is 8.39. The third kappa shape index (κ3) is 2.12. The van der Waals surface area contributed by atoms with Crippen LogP contribution in [0.5, 0.6) is 0 Å². The highest BCUT2D eigenvalue weighted by Gasteiger charge is 1.95. The van der Waals surface area contributed by atoms with Gasteiger partial charge in [0.15, 0.2) is 0 Å². The summed E-state index contributed by atoms with van der Waals surface area (Å²) in [5, 5.41) is 2.74. The molecule has 2 aromatic rings. The second kappa shape index (κ2) is 5.40. The van der Waals surface area contributed by atoms with Crippen LogP contribution in [-0.4, -0.2) is 0 Å². The highest BCUT2D eigenvalue weighted by Crippen LogP contribution is 2.18. The molecule has 0 aromatic heterocycles. The van der Waals surface area contributed by atoms with Gasteiger partial charge in [-0.25, -0.2) is 0 Å². The van der Waals surface area contributed by atoms with E-state index in [0.717, 1.165) is 6.42 Å². The van der Waals surface area contributed by atoms with Crippen LogP contribution in [0.15, 0.2) is 42.5 Å². The Morgan fingerprint density at radius 3 is 2.29 bits per heavy atom. The molecule has 0 aliphatic rings. The number of benzene rings is 2. The van der Waals surface area contributed by atoms with Gasteiger partial charge in [0.2, 0.25) is 0 Å². The summed E-state index contributed by atoms with van der Waals surface area (Å²) >= 11 is 0. The van der Waals surface area contributed by atoms with Crippen molar-refractivity contribution < 1.29 is 0 Å². The smallest absolute Gasteiger partial charge is 0.0152 e. The Bertz CT molecular complexity index is 388. The van der Waals surface area contributed by atoms with E-state index in [4.69, 9.17) is 0 Å². The molecule has 0 heterocycles. The number of fused-ring (bicyclic) bond motifs is 1. The maximum atomic E-state index is 2.20. The van der Waals surface area contributed by atoms with Gasteiger partial charge in [-0.2, -0.15) is 0 Å². The Labute approximate surface area is 86.3 Å². The maximum absolute atomic E-state index is 2.20. The molecule has 14 heavy (non-hydrogen) atoms. The largest absolute Gasteiger partial charge is 0.344 e. The Kier molecular flexibility index (Phi) is 4.89. The van der Waals surface area contributed by atoms with E-state index in [-0.39, 0.29) is 13.6 Å². The fraction of sp³-hybridized carbons (Fsp3) is 0.231. The zero-order valence-electron chi connectivity index (χ0n) is 7.96. The lowest BCUT2D eigenvalue weighted by Crippen LogP contribution is -1.81. The Hall–Kier alpha value is -1.34. The molecule has 0 spiro atoms. The predicted molar refractivity (Wildman–Crippen MR) is 65.1 cm³/mol. The van der Waals surface area contributed by atoms with Crippen molar-refractivity contribution in [1.82, 2.24) is 6.15 Å². The summed E-state index contributed by atoms with van der Waals surface area (Å²) in [7, 11) is 0. The minimum Gasteiger partial charge on any atom is -0.344 e. The van der Waals surface area contributed by atoms with Gasteiger partial charge in [-0.05, 0) is 22.8 Å². The molecule has 0 aliphatic carbocycles. The second-order valence-electron chi connectivity index (χ2n) is 2.99. The topological polar surface area (TPSA) is 35.0 Å². The average Bonchev–Trinajstić information content (AvgIpc) is 2.17. The minimum absolute atomic E-state index is 0. The third-order valence-electron chi connectivity index (χ3n) is 2.26. The van der Waals surface area contributed by atoms with E-state index in [0.29, 0.717) is 0 Å². The highest BCUT2D eigenvalue weighted by molar-refractivity contribution is 5.85. The summed E-state index contributed by atoms with van der Waals surface area (Å²) < 4.78 is 0. The van der Waals surface area contributed by atoms with E-state index in [1.807, 2.05) is 0 Å². The molecule has 3 N–H and O–H groups in total. The summed E-state index contributed by atoms with van der Waals surface area (Å²) in [6.07, 6.45) is 1.11. The molecule has 0 fully saturated rings. The second-order valence-corrected chi connectivity index (χ2v) is 2.99. The SMILES string of the molecule is C.CCc1cccc2ccccc12.N. The molecule has 0 unspecified atom stereocenters. The summed E-state index contributed by atoms with van der Waals surface area (Å²) in [4.78, 5) is 0. The van der Waals surface area contributed by atoms with Crippen LogP contribution in [0.1, 0.15) is 19.9 Å². The van der Waals surface area contributed by atoms with Crippen LogP contribution in [0.3, 0.4) is 0 Å². The Balaban J connectivity index is 0.000000845. The minimum atomic E-state index is 0. The standard InChI is InChI=1S/C12H12.CH4.H3N/c1-2-10-7-5-8-11-6-3-4-9-12(10)11;;/h3-9H,2H2,1H3;1H4;1H3. The monoisotopic (exact) mass is 189 g/mol. The van der Waals surface area contributed by atoms with Gasteiger partial charge in [-0.3, -0.25) is 0 Å². The molecule has 0 amide bonds. The normalized spacial score (nSPS) is 8.93. The highest BCUT2D eigenvalue weighted by atomic mass is 14.0. The van der Waals surface area contributed by atoms with E-state index in [2.05, 4.69) is 49.4 Å². The molecule has 0 bridgehead atoms. The molecule has 0 atom stereocenters. The molecule has 1 heteroatoms. The lowest BCUT2D eigenvalue weighted by atomic mass is 10.0. The third-order valence-corrected chi connectivity index (χ3v) is 2.26. The van der Waals surface area contributed by atoms with Crippen molar-refractivity contribution in [3.8, 4) is 0 Å². The molecule has 1 nitrogen and oxygen atoms in total. The van der Waals surface area contributed by atoms with Gasteiger partial charge in [0.1, 0.15) is 0 Å². The van der Waals surface area contributed by atoms with E-state index in [1.165, 1.54) is 16.3 Å². The molecular formula is C13H19N. The van der Waals surface area contributed by atoms with Crippen molar-refractivity contribution in [2.75, 3.05) is 0 Å². The van der Waals surface area contributed by atoms with Gasteiger partial charge < -0.3 is 6.15 Å². The van der Waals surface area contributed by atoms with Gasteiger partial charge in [0, 0.05) is 0 Å². The summed E-state index contributed by atoms with van der Waals surface area (Å²) in [5.74, 6) is 0. The first kappa shape index (κ1) is 12.7. The zero-order valence-corrected chi connectivity index (χ0v) is 7.96. The summed E-state index contributed by atoms with van der Waals surface area (Å²) in [6, 6.07) is 15.0. The van der Waals surface area contributed by atoms with Crippen LogP contribution in [-0.2, 0) is 6.42 Å². The van der Waals surface area contributed by atoms with Crippen molar-refractivity contribution in [2.24, 2.45) is 0 Å². The van der Waals surface area contributed by atoms with E-state index < -0.39 is 0 Å². The Morgan fingerprint density at radius 1 is 0.929 bits per heavy atom. The van der Waals surface area contributed by atoms with Gasteiger partial charge in [-0.1, -0.05) is 56.8 Å². The average molecular weight is 189 g/mol. The molecule has 0 radical (unpaired) electrons. The van der Waals surface area contributed by atoms with Gasteiger partial charge in [-0.15, -0.1) is 0 Å². The van der Waals surface area contributed by atoms with Crippen molar-refractivity contribution in [2.45, 2.75) is 20.8 Å². The van der Waals surface area contributed by atoms with Gasteiger partial charge in [0.25, 0.3) is 0 Å². The molecule has 0 saturated heterocycles. The van der Waals surface area contributed by atoms with Crippen LogP contribution >= 0.6 is 0 Å². The van der Waals surface area contributed by atoms with Crippen LogP contribution in [0.4, 0.5) is 0 Å². The van der Waals surface area contributed by atoms with Crippen LogP contribution in [0.2, 0.25) is 0 Å². The first-order valence-corrected chi connectivity index (χ1v) is 4.38. The Morgan fingerprint density at radius 2 is 1.57 bits per heavy atom. The van der Waals surface area contributed by atoms with Crippen molar-refractivity contribution in [3.63, 3.8) is 0 Å². The number of hydrogen-bond acceptors (Lipinski definition) is 1. The van der Waals surface area contributed by atoms with Crippen molar-refractivity contribution in [3.05, 3.63) is 48.0 Å². The molecule has 76 valence electrons. The number of aryl methyl sites for hydroxylation is 1. The molecule has 0 saturated carbocycles. The molecule has 2 rings (SSSR count). The van der Waals surface area contributed by atoms with Gasteiger partial charge in [0.05, 0.1) is 0 Å².